The molecule has 1 atom stereocenters. The molecule has 1 saturated carbocycles. The minimum atomic E-state index is 0.0541. The lowest BCUT2D eigenvalue weighted by atomic mass is 9.80. The largest absolute Gasteiger partial charge is 0.369 e. The van der Waals surface area contributed by atoms with Crippen LogP contribution >= 0.6 is 0 Å². The lowest BCUT2D eigenvalue weighted by molar-refractivity contribution is -0.128. The van der Waals surface area contributed by atoms with Gasteiger partial charge in [-0.15, -0.1) is 0 Å². The molecule has 1 aliphatic heterocycles. The van der Waals surface area contributed by atoms with Crippen LogP contribution in [0.2, 0.25) is 0 Å². The van der Waals surface area contributed by atoms with E-state index in [4.69, 9.17) is 4.74 Å². The van der Waals surface area contributed by atoms with E-state index >= 15 is 0 Å². The van der Waals surface area contributed by atoms with E-state index in [0.717, 1.165) is 19.0 Å². The van der Waals surface area contributed by atoms with Crippen LogP contribution in [-0.4, -0.2) is 24.8 Å². The van der Waals surface area contributed by atoms with E-state index in [0.29, 0.717) is 6.10 Å². The second-order valence-corrected chi connectivity index (χ2v) is 4.74. The molecule has 0 aromatic rings. The zero-order chi connectivity index (χ0) is 8.60. The maximum Gasteiger partial charge on any atom is 0.0754 e. The highest BCUT2D eigenvalue weighted by Crippen LogP contribution is 2.33. The number of ether oxygens (including phenoxy) is 1. The van der Waals surface area contributed by atoms with Crippen molar-refractivity contribution in [1.82, 2.24) is 5.32 Å². The Kier molecular flexibility index (Phi) is 2.13. The minimum absolute atomic E-state index is 0.0541. The predicted octanol–water partition coefficient (Wildman–Crippen LogP) is 1.55. The highest BCUT2D eigenvalue weighted by atomic mass is 16.5. The molecule has 1 aliphatic carbocycles. The molecule has 0 aromatic heterocycles. The van der Waals surface area contributed by atoms with Crippen LogP contribution in [0.25, 0.3) is 0 Å². The average molecular weight is 169 g/mol. The first-order valence-electron chi connectivity index (χ1n) is 5.06. The Hall–Kier alpha value is -0.0800. The predicted molar refractivity (Wildman–Crippen MR) is 49.2 cm³/mol. The van der Waals surface area contributed by atoms with Crippen LogP contribution in [0.3, 0.4) is 0 Å². The van der Waals surface area contributed by atoms with Crippen LogP contribution in [-0.2, 0) is 4.74 Å². The second kappa shape index (κ2) is 3.00. The van der Waals surface area contributed by atoms with Gasteiger partial charge in [-0.1, -0.05) is 6.42 Å². The van der Waals surface area contributed by atoms with Crippen molar-refractivity contribution in [1.29, 1.82) is 0 Å². The second-order valence-electron chi connectivity index (χ2n) is 4.74. The molecule has 2 fully saturated rings. The summed E-state index contributed by atoms with van der Waals surface area (Å²) in [5.74, 6) is 0.845. The molecule has 2 aliphatic rings. The Morgan fingerprint density at radius 3 is 2.58 bits per heavy atom. The summed E-state index contributed by atoms with van der Waals surface area (Å²) < 4.78 is 6.02. The van der Waals surface area contributed by atoms with Gasteiger partial charge in [0.15, 0.2) is 0 Å². The van der Waals surface area contributed by atoms with Gasteiger partial charge in [-0.2, -0.15) is 0 Å². The molecule has 1 N–H and O–H groups in total. The number of rotatable bonds is 1. The Labute approximate surface area is 74.7 Å². The topological polar surface area (TPSA) is 21.3 Å². The molecule has 2 heteroatoms. The van der Waals surface area contributed by atoms with Crippen molar-refractivity contribution in [3.63, 3.8) is 0 Å². The molecular weight excluding hydrogens is 150 g/mol. The molecule has 1 unspecified atom stereocenters. The van der Waals surface area contributed by atoms with Crippen molar-refractivity contribution in [2.75, 3.05) is 13.1 Å². The first-order chi connectivity index (χ1) is 5.67. The van der Waals surface area contributed by atoms with Crippen molar-refractivity contribution in [2.24, 2.45) is 5.92 Å². The Morgan fingerprint density at radius 2 is 2.08 bits per heavy atom. The van der Waals surface area contributed by atoms with Crippen molar-refractivity contribution >= 4 is 0 Å². The Balaban J connectivity index is 1.89. The van der Waals surface area contributed by atoms with Gasteiger partial charge in [-0.05, 0) is 32.6 Å². The van der Waals surface area contributed by atoms with Crippen molar-refractivity contribution in [2.45, 2.75) is 44.8 Å². The van der Waals surface area contributed by atoms with Gasteiger partial charge in [0.25, 0.3) is 0 Å². The van der Waals surface area contributed by atoms with Crippen LogP contribution in [0.4, 0.5) is 0 Å². The first-order valence-corrected chi connectivity index (χ1v) is 5.06. The van der Waals surface area contributed by atoms with E-state index in [1.54, 1.807) is 0 Å². The molecule has 0 amide bonds. The highest BCUT2D eigenvalue weighted by molar-refractivity contribution is 4.87. The molecule has 1 saturated heterocycles. The van der Waals surface area contributed by atoms with Crippen LogP contribution in [0, 0.1) is 5.92 Å². The van der Waals surface area contributed by atoms with E-state index in [-0.39, 0.29) is 5.60 Å². The molecule has 2 nitrogen and oxygen atoms in total. The third-order valence-electron chi connectivity index (χ3n) is 3.04. The molecule has 0 bridgehead atoms. The Morgan fingerprint density at radius 1 is 1.33 bits per heavy atom. The van der Waals surface area contributed by atoms with Crippen LogP contribution in [0.1, 0.15) is 33.1 Å². The van der Waals surface area contributed by atoms with Gasteiger partial charge >= 0.3 is 0 Å². The van der Waals surface area contributed by atoms with E-state index < -0.39 is 0 Å². The summed E-state index contributed by atoms with van der Waals surface area (Å²) in [6, 6.07) is 0. The zero-order valence-electron chi connectivity index (χ0n) is 8.10. The van der Waals surface area contributed by atoms with E-state index in [1.165, 1.54) is 19.3 Å². The highest BCUT2D eigenvalue weighted by Gasteiger charge is 2.35. The van der Waals surface area contributed by atoms with Crippen LogP contribution in [0.15, 0.2) is 0 Å². The van der Waals surface area contributed by atoms with E-state index in [9.17, 15) is 0 Å². The fourth-order valence-corrected chi connectivity index (χ4v) is 2.08. The molecule has 2 rings (SSSR count). The fraction of sp³-hybridized carbons (Fsp3) is 1.00. The first kappa shape index (κ1) is 8.52. The van der Waals surface area contributed by atoms with Gasteiger partial charge in [-0.25, -0.2) is 0 Å². The quantitative estimate of drug-likeness (QED) is 0.643. The number of morpholine rings is 1. The molecule has 70 valence electrons. The summed E-state index contributed by atoms with van der Waals surface area (Å²) >= 11 is 0. The molecule has 0 spiro atoms. The van der Waals surface area contributed by atoms with Crippen LogP contribution < -0.4 is 5.32 Å². The summed E-state index contributed by atoms with van der Waals surface area (Å²) in [4.78, 5) is 0. The normalized spacial score (nSPS) is 36.0. The van der Waals surface area contributed by atoms with Crippen LogP contribution in [0.5, 0.6) is 0 Å². The summed E-state index contributed by atoms with van der Waals surface area (Å²) in [5.41, 5.74) is 0.0541. The zero-order valence-corrected chi connectivity index (χ0v) is 8.10. The lowest BCUT2D eigenvalue weighted by Crippen LogP contribution is -2.53. The minimum Gasteiger partial charge on any atom is -0.369 e. The van der Waals surface area contributed by atoms with Gasteiger partial charge in [0.1, 0.15) is 0 Å². The summed E-state index contributed by atoms with van der Waals surface area (Å²) in [6.45, 7) is 6.40. The van der Waals surface area contributed by atoms with Crippen molar-refractivity contribution in [3.8, 4) is 0 Å². The van der Waals surface area contributed by atoms with Gasteiger partial charge in [0, 0.05) is 13.1 Å². The molecular formula is C10H19NO. The molecule has 0 radical (unpaired) electrons. The number of hydrogen-bond acceptors (Lipinski definition) is 2. The van der Waals surface area contributed by atoms with E-state index in [1.807, 2.05) is 0 Å². The van der Waals surface area contributed by atoms with Gasteiger partial charge in [0.2, 0.25) is 0 Å². The smallest absolute Gasteiger partial charge is 0.0754 e. The standard InChI is InChI=1S/C10H19NO/c1-10(2)7-11-6-9(12-10)8-4-3-5-8/h8-9,11H,3-7H2,1-2H3. The lowest BCUT2D eigenvalue weighted by Gasteiger charge is -2.43. The van der Waals surface area contributed by atoms with Crippen molar-refractivity contribution in [3.05, 3.63) is 0 Å². The monoisotopic (exact) mass is 169 g/mol. The maximum atomic E-state index is 6.02. The van der Waals surface area contributed by atoms with Crippen molar-refractivity contribution < 1.29 is 4.74 Å². The summed E-state index contributed by atoms with van der Waals surface area (Å²) in [5, 5.41) is 3.45. The third-order valence-corrected chi connectivity index (χ3v) is 3.04. The Bertz CT molecular complexity index is 163. The van der Waals surface area contributed by atoms with Gasteiger partial charge in [0.05, 0.1) is 11.7 Å². The van der Waals surface area contributed by atoms with Gasteiger partial charge < -0.3 is 10.1 Å². The molecule has 12 heavy (non-hydrogen) atoms. The molecule has 1 heterocycles. The SMILES string of the molecule is CC1(C)CNCC(C2CCC2)O1. The van der Waals surface area contributed by atoms with Gasteiger partial charge in [-0.3, -0.25) is 0 Å². The summed E-state index contributed by atoms with van der Waals surface area (Å²) in [7, 11) is 0. The number of hydrogen-bond donors (Lipinski definition) is 1. The van der Waals surface area contributed by atoms with E-state index in [2.05, 4.69) is 19.2 Å². The number of nitrogens with one attached hydrogen (secondary N) is 1. The average Bonchev–Trinajstić information content (AvgIpc) is 1.80. The fourth-order valence-electron chi connectivity index (χ4n) is 2.08. The molecule has 0 aromatic carbocycles. The maximum absolute atomic E-state index is 6.02. The summed E-state index contributed by atoms with van der Waals surface area (Å²) in [6.07, 6.45) is 4.65. The third kappa shape index (κ3) is 1.64.